The van der Waals surface area contributed by atoms with Crippen molar-refractivity contribution < 1.29 is 109 Å². The minimum atomic E-state index is -1.66. The van der Waals surface area contributed by atoms with Gasteiger partial charge in [0.25, 0.3) is 11.8 Å². The van der Waals surface area contributed by atoms with Gasteiger partial charge in [0.15, 0.2) is 58.1 Å². The first-order valence-electron chi connectivity index (χ1n) is 30.5. The van der Waals surface area contributed by atoms with Gasteiger partial charge in [0.1, 0.15) is 0 Å². The third-order valence-electron chi connectivity index (χ3n) is 15.9. The lowest BCUT2D eigenvalue weighted by molar-refractivity contribution is -0.162. The lowest BCUT2D eigenvalue weighted by atomic mass is 9.79. The Morgan fingerprint density at radius 2 is 0.961 bits per heavy atom. The van der Waals surface area contributed by atoms with Gasteiger partial charge in [-0.15, -0.1) is 0 Å². The van der Waals surface area contributed by atoms with Crippen LogP contribution in [0.4, 0.5) is 31.9 Å². The monoisotopic (exact) mass is 1510 g/mol. The molecule has 4 aliphatic heterocycles. The zero-order chi connectivity index (χ0) is 74.8. The molecule has 6 heterocycles. The third-order valence-corrected chi connectivity index (χ3v) is 16.2. The molecule has 0 aliphatic carbocycles. The highest BCUT2D eigenvalue weighted by atomic mass is 35.5. The molecule has 4 aliphatic rings. The predicted octanol–water partition coefficient (Wildman–Crippen LogP) is 11.2. The first-order valence-corrected chi connectivity index (χ1v) is 32.0. The zero-order valence-corrected chi connectivity index (χ0v) is 58.0. The summed E-state index contributed by atoms with van der Waals surface area (Å²) in [6, 6.07) is 23.2. The van der Waals surface area contributed by atoms with E-state index < -0.39 is 147 Å². The van der Waals surface area contributed by atoms with Crippen molar-refractivity contribution >= 4 is 82.3 Å². The summed E-state index contributed by atoms with van der Waals surface area (Å²) in [5.74, 6) is -9.76. The number of rotatable bonds is 16. The summed E-state index contributed by atoms with van der Waals surface area (Å²) in [5, 5.41) is 27.7. The molecule has 2 fully saturated rings. The van der Waals surface area contributed by atoms with Crippen molar-refractivity contribution in [2.75, 3.05) is 53.3 Å². The number of carbonyl (C=O) groups excluding carboxylic acids is 8. The number of esters is 3. The second-order valence-corrected chi connectivity index (χ2v) is 24.4. The largest absolute Gasteiger partial charge is 0.512 e. The number of amides is 2. The van der Waals surface area contributed by atoms with Gasteiger partial charge in [0.2, 0.25) is 34.6 Å². The summed E-state index contributed by atoms with van der Waals surface area (Å²) in [6.07, 6.45) is 2.17. The van der Waals surface area contributed by atoms with E-state index in [0.29, 0.717) is 43.5 Å². The summed E-state index contributed by atoms with van der Waals surface area (Å²) in [4.78, 5) is 121. The maximum absolute atomic E-state index is 15.4. The van der Waals surface area contributed by atoms with Gasteiger partial charge in [0.05, 0.1) is 57.9 Å². The number of hydrogen-bond donors (Lipinski definition) is 2. The van der Waals surface area contributed by atoms with Crippen LogP contribution in [0.15, 0.2) is 119 Å². The van der Waals surface area contributed by atoms with E-state index in [4.69, 9.17) is 42.5 Å². The van der Waals surface area contributed by atoms with E-state index in [2.05, 4.69) is 50.2 Å². The van der Waals surface area contributed by atoms with Gasteiger partial charge in [-0.3, -0.25) is 28.5 Å². The fourth-order valence-corrected chi connectivity index (χ4v) is 11.8. The maximum atomic E-state index is 15.4. The van der Waals surface area contributed by atoms with Gasteiger partial charge in [-0.2, -0.15) is 10.2 Å². The number of carbonyl (C=O) groups is 8. The third kappa shape index (κ3) is 20.7. The molecule has 0 unspecified atom stereocenters. The topological polar surface area (TPSA) is 336 Å². The van der Waals surface area contributed by atoms with Crippen LogP contribution in [0.2, 0.25) is 0 Å². The number of aromatic nitrogens is 4. The van der Waals surface area contributed by atoms with E-state index in [1.54, 1.807) is 52.3 Å². The molecule has 34 heteroatoms. The van der Waals surface area contributed by atoms with Crippen LogP contribution >= 0.6 is 34.8 Å². The Bertz CT molecular complexity index is 4090. The number of aromatic hydroxyl groups is 1. The van der Waals surface area contributed by atoms with Gasteiger partial charge in [-0.25, -0.2) is 46.3 Å². The second kappa shape index (κ2) is 37.9. The smallest absolute Gasteiger partial charge is 0.502 e. The Labute approximate surface area is 604 Å². The predicted molar refractivity (Wildman–Crippen MR) is 363 cm³/mol. The maximum Gasteiger partial charge on any atom is 0.512 e. The normalized spacial score (nSPS) is 16.6. The summed E-state index contributed by atoms with van der Waals surface area (Å²) >= 11 is 14.6. The van der Waals surface area contributed by atoms with Gasteiger partial charge in [0, 0.05) is 47.7 Å². The molecule has 27 nitrogen and oxygen atoms in total. The molecule has 0 spiro atoms. The van der Waals surface area contributed by atoms with Crippen molar-refractivity contribution in [3.05, 3.63) is 187 Å². The summed E-state index contributed by atoms with van der Waals surface area (Å²) in [5.41, 5.74) is -5.66. The van der Waals surface area contributed by atoms with Crippen molar-refractivity contribution in [1.29, 1.82) is 0 Å². The zero-order valence-electron chi connectivity index (χ0n) is 55.7. The van der Waals surface area contributed by atoms with Crippen molar-refractivity contribution in [2.24, 2.45) is 0 Å². The quantitative estimate of drug-likeness (QED) is 0.0227. The van der Waals surface area contributed by atoms with E-state index in [-0.39, 0.29) is 55.5 Å². The number of alkyl halides is 2. The average molecular weight is 1510 g/mol. The van der Waals surface area contributed by atoms with E-state index in [0.717, 1.165) is 38.1 Å². The Hall–Kier alpha value is -9.85. The number of benzene rings is 4. The van der Waals surface area contributed by atoms with Crippen LogP contribution in [0.25, 0.3) is 0 Å². The highest BCUT2D eigenvalue weighted by Gasteiger charge is 2.51. The Morgan fingerprint density at radius 1 is 0.563 bits per heavy atom. The van der Waals surface area contributed by atoms with Crippen LogP contribution in [0.5, 0.6) is 11.5 Å². The number of nitrogens with zero attached hydrogens (tertiary/aromatic N) is 6. The molecule has 2 aromatic heterocycles. The van der Waals surface area contributed by atoms with Crippen LogP contribution in [-0.2, 0) is 52.3 Å². The van der Waals surface area contributed by atoms with Crippen molar-refractivity contribution in [3.8, 4) is 11.5 Å². The van der Waals surface area contributed by atoms with Crippen LogP contribution in [0.3, 0.4) is 0 Å². The molecule has 0 saturated carbocycles. The van der Waals surface area contributed by atoms with Gasteiger partial charge in [-0.05, 0) is 90.5 Å². The fourth-order valence-electron chi connectivity index (χ4n) is 11.5. The standard InChI is InChI=1S/C30H29F2N3O8.C23H19F2N3O3.C7H11ClO5.C5H10O3.C2H2Cl2O2.2CH4/c1-30(2,28(38)40-3)43-29(39)42-16-41-26-21(36)15-33-35-24(20-13-8-14-34(20)27(37)25(26)35)22(17-9-5-4-6-10-17)18-11-7-12-19(31)23(18)32;24-15-9-4-8-14(19(15)25)18(13-6-2-1-3-7-13)20-16-10-5-11-27(16)23(31)21-22(30)17(29)12-26-28(20)21;1-7(2,5(9)11-3)13-6(10)12-4-8;1-5(2,7)4(6)8-3;3-1-6-2(4)5;;/h4-7,9-12,15,20,22,24H,8,13-14,16H2,1-3H3;1-4,6-9,12,16,18,20,30H,5,10-11H2;4H2,1-3H3;7H,1-3H3;1H2;2*1H4/t20-,22-,24-;16-,18-,20-;;;;;/m11...../s1. The van der Waals surface area contributed by atoms with Crippen LogP contribution < -0.4 is 15.6 Å². The molecular weight excluding hydrogens is 1430 g/mol. The number of aliphatic hydroxyl groups is 1. The first-order chi connectivity index (χ1) is 47.7. The molecule has 2 amide bonds. The van der Waals surface area contributed by atoms with Crippen LogP contribution in [-0.4, -0.2) is 169 Å². The van der Waals surface area contributed by atoms with Crippen molar-refractivity contribution in [1.82, 2.24) is 29.4 Å². The highest BCUT2D eigenvalue weighted by molar-refractivity contribution is 6.61. The van der Waals surface area contributed by atoms with Crippen molar-refractivity contribution in [2.45, 2.75) is 135 Å². The van der Waals surface area contributed by atoms with E-state index >= 15 is 8.78 Å². The van der Waals surface area contributed by atoms with Crippen molar-refractivity contribution in [3.63, 3.8) is 0 Å². The molecule has 4 aromatic carbocycles. The molecule has 103 heavy (non-hydrogen) atoms. The van der Waals surface area contributed by atoms with Crippen LogP contribution in [0, 0.1) is 23.3 Å². The van der Waals surface area contributed by atoms with Gasteiger partial charge < -0.3 is 62.6 Å². The van der Waals surface area contributed by atoms with Crippen LogP contribution in [0.1, 0.15) is 149 Å². The molecule has 2 N–H and O–H groups in total. The van der Waals surface area contributed by atoms with E-state index in [1.165, 1.54) is 89.4 Å². The molecule has 560 valence electrons. The second-order valence-electron chi connectivity index (χ2n) is 23.7. The molecule has 2 saturated heterocycles. The molecular formula is C69H79Cl3F4N6O21. The Kier molecular flexibility index (Phi) is 31.5. The minimum absolute atomic E-state index is 0. The number of halogens is 7. The SMILES string of the molecule is C.C.COC(=O)C(C)(C)O.COC(=O)C(C)(C)OC(=O)OCCl.COC(=O)C(C)(C)OC(=O)OCOc1c2n(ncc1=O)[C@@H]([C@H](c1ccccc1)c1cccc(F)c1F)[C@H]1CCCN1C2=O.O=C(Cl)OCCl.O=C1c2c(O)c(=O)cnn2[C@@H]([C@H](c2ccccc2)c2cccc(F)c2F)[C@H]2CCCN12. The van der Waals surface area contributed by atoms with Gasteiger partial charge >= 0.3 is 35.6 Å². The van der Waals surface area contributed by atoms with E-state index in [1.807, 2.05) is 18.2 Å². The molecule has 0 bridgehead atoms. The molecule has 6 aromatic rings. The average Bonchev–Trinajstić information content (AvgIpc) is 1.73. The number of methoxy groups -OCH3 is 3. The Balaban J connectivity index is 0.000000324. The van der Waals surface area contributed by atoms with E-state index in [9.17, 15) is 61.8 Å². The van der Waals surface area contributed by atoms with Gasteiger partial charge in [-0.1, -0.05) is 123 Å². The summed E-state index contributed by atoms with van der Waals surface area (Å²) < 4.78 is 103. The highest BCUT2D eigenvalue weighted by Crippen LogP contribution is 2.48. The number of fused-ring (bicyclic) bond motifs is 4. The lowest BCUT2D eigenvalue weighted by Gasteiger charge is -2.42. The number of hydrogen-bond acceptors (Lipinski definition) is 23. The minimum Gasteiger partial charge on any atom is -0.502 e. The molecule has 0 radical (unpaired) electrons. The lowest BCUT2D eigenvalue weighted by Crippen LogP contribution is -2.51. The summed E-state index contributed by atoms with van der Waals surface area (Å²) in [6.45, 7) is 8.08. The Morgan fingerprint density at radius 3 is 1.34 bits per heavy atom. The first kappa shape index (κ1) is 85.6. The number of ether oxygens (including phenoxy) is 9. The summed E-state index contributed by atoms with van der Waals surface area (Å²) in [7, 11) is 3.56. The molecule has 6 atom stereocenters. The molecule has 10 rings (SSSR count). The fraction of sp³-hybridized carbons (Fsp3) is 0.420.